The molecule has 1 amide bonds. The highest BCUT2D eigenvalue weighted by Gasteiger charge is 2.38. The number of pyridine rings is 1. The highest BCUT2D eigenvalue weighted by molar-refractivity contribution is 5.78. The molecule has 4 rings (SSSR count). The van der Waals surface area contributed by atoms with E-state index < -0.39 is 23.1 Å². The van der Waals surface area contributed by atoms with Gasteiger partial charge in [-0.1, -0.05) is 26.0 Å². The normalized spacial score (nSPS) is 20.1. The van der Waals surface area contributed by atoms with Crippen LogP contribution in [0.2, 0.25) is 0 Å². The number of amides is 1. The molecule has 0 saturated carbocycles. The van der Waals surface area contributed by atoms with Crippen molar-refractivity contribution >= 4 is 11.9 Å². The van der Waals surface area contributed by atoms with Crippen LogP contribution in [0, 0.1) is 11.3 Å². The van der Waals surface area contributed by atoms with Crippen molar-refractivity contribution in [2.45, 2.75) is 51.7 Å². The van der Waals surface area contributed by atoms with Crippen molar-refractivity contribution in [2.75, 3.05) is 13.1 Å². The van der Waals surface area contributed by atoms with Crippen LogP contribution >= 0.6 is 0 Å². The first-order chi connectivity index (χ1) is 15.8. The van der Waals surface area contributed by atoms with Gasteiger partial charge in [0, 0.05) is 43.2 Å². The maximum absolute atomic E-state index is 13.3. The molecule has 1 aromatic carbocycles. The van der Waals surface area contributed by atoms with Gasteiger partial charge in [0.2, 0.25) is 5.91 Å². The van der Waals surface area contributed by atoms with E-state index in [9.17, 15) is 27.6 Å². The summed E-state index contributed by atoms with van der Waals surface area (Å²) in [7, 11) is 0. The van der Waals surface area contributed by atoms with Crippen molar-refractivity contribution in [3.8, 4) is 11.1 Å². The topological polar surface area (TPSA) is 79.6 Å². The van der Waals surface area contributed by atoms with E-state index in [1.54, 1.807) is 35.4 Å². The molecule has 0 aliphatic carbocycles. The van der Waals surface area contributed by atoms with Gasteiger partial charge >= 0.3 is 12.1 Å². The number of carboxylic acid groups (broad SMARTS) is 1. The molecule has 1 fully saturated rings. The van der Waals surface area contributed by atoms with Crippen LogP contribution in [0.25, 0.3) is 11.1 Å². The Balaban J connectivity index is 1.58. The molecule has 2 aromatic rings. The standard InChI is InChI=1S/C25H27F3N2O4/c1-24(2,11-22(32)33)10-21(31)29-12-15-8-17(14-29)20-7-6-19(23(34)30(20)13-15)16-4-3-5-18(9-16)25(26,27)28/h3-7,9,15,17H,8,10-14H2,1-2H3,(H,32,33)/t15-,17-/m1/s1. The first-order valence-corrected chi connectivity index (χ1v) is 11.2. The highest BCUT2D eigenvalue weighted by atomic mass is 19.4. The molecule has 2 aliphatic rings. The maximum Gasteiger partial charge on any atom is 0.416 e. The summed E-state index contributed by atoms with van der Waals surface area (Å²) in [6, 6.07) is 8.12. The van der Waals surface area contributed by atoms with Gasteiger partial charge in [-0.3, -0.25) is 14.4 Å². The Morgan fingerprint density at radius 2 is 1.79 bits per heavy atom. The summed E-state index contributed by atoms with van der Waals surface area (Å²) in [4.78, 5) is 39.0. The van der Waals surface area contributed by atoms with E-state index in [4.69, 9.17) is 5.11 Å². The average Bonchev–Trinajstić information content (AvgIpc) is 2.72. The molecule has 0 unspecified atom stereocenters. The minimum absolute atomic E-state index is 0.0484. The molecule has 9 heteroatoms. The molecule has 34 heavy (non-hydrogen) atoms. The third-order valence-electron chi connectivity index (χ3n) is 6.72. The first kappa shape index (κ1) is 24.0. The van der Waals surface area contributed by atoms with Gasteiger partial charge in [-0.15, -0.1) is 0 Å². The molecule has 0 radical (unpaired) electrons. The molecule has 182 valence electrons. The summed E-state index contributed by atoms with van der Waals surface area (Å²) >= 11 is 0. The van der Waals surface area contributed by atoms with Gasteiger partial charge in [-0.05, 0) is 47.6 Å². The van der Waals surface area contributed by atoms with E-state index in [1.807, 2.05) is 0 Å². The number of aromatic nitrogens is 1. The second-order valence-electron chi connectivity index (χ2n) is 10.2. The number of hydrogen-bond acceptors (Lipinski definition) is 3. The Hall–Kier alpha value is -3.10. The molecule has 6 nitrogen and oxygen atoms in total. The zero-order valence-corrected chi connectivity index (χ0v) is 19.1. The Morgan fingerprint density at radius 3 is 2.47 bits per heavy atom. The predicted octanol–water partition coefficient (Wildman–Crippen LogP) is 4.37. The Bertz CT molecular complexity index is 1190. The predicted molar refractivity (Wildman–Crippen MR) is 119 cm³/mol. The van der Waals surface area contributed by atoms with E-state index in [0.717, 1.165) is 24.2 Å². The highest BCUT2D eigenvalue weighted by Crippen LogP contribution is 2.37. The molecular formula is C25H27F3N2O4. The number of carbonyl (C=O) groups is 2. The Labute approximate surface area is 195 Å². The fourth-order valence-corrected chi connectivity index (χ4v) is 5.23. The van der Waals surface area contributed by atoms with E-state index in [2.05, 4.69) is 0 Å². The van der Waals surface area contributed by atoms with Crippen LogP contribution in [0.4, 0.5) is 13.2 Å². The molecular weight excluding hydrogens is 449 g/mol. The molecule has 3 heterocycles. The lowest BCUT2D eigenvalue weighted by Gasteiger charge is -2.43. The SMILES string of the molecule is CC(C)(CC(=O)O)CC(=O)N1C[C@H]2C[C@H](C1)c1ccc(-c3cccc(C(F)(F)F)c3)c(=O)n1C2. The zero-order valence-electron chi connectivity index (χ0n) is 19.1. The average molecular weight is 476 g/mol. The van der Waals surface area contributed by atoms with E-state index >= 15 is 0 Å². The number of rotatable bonds is 5. The van der Waals surface area contributed by atoms with Crippen LogP contribution in [0.5, 0.6) is 0 Å². The number of carboxylic acids is 1. The monoisotopic (exact) mass is 476 g/mol. The molecule has 2 bridgehead atoms. The van der Waals surface area contributed by atoms with Crippen LogP contribution < -0.4 is 5.56 Å². The molecule has 1 aromatic heterocycles. The van der Waals surface area contributed by atoms with Crippen molar-refractivity contribution in [3.63, 3.8) is 0 Å². The Kier molecular flexibility index (Phi) is 6.08. The van der Waals surface area contributed by atoms with Gasteiger partial charge in [-0.25, -0.2) is 0 Å². The van der Waals surface area contributed by atoms with Gasteiger partial charge in [0.1, 0.15) is 0 Å². The lowest BCUT2D eigenvalue weighted by molar-refractivity contribution is -0.141. The summed E-state index contributed by atoms with van der Waals surface area (Å²) in [6.45, 7) is 4.81. The van der Waals surface area contributed by atoms with Crippen LogP contribution in [0.3, 0.4) is 0 Å². The molecule has 0 spiro atoms. The van der Waals surface area contributed by atoms with Crippen LogP contribution in [-0.2, 0) is 22.3 Å². The van der Waals surface area contributed by atoms with Gasteiger partial charge in [0.05, 0.1) is 12.0 Å². The zero-order chi connectivity index (χ0) is 24.8. The van der Waals surface area contributed by atoms with Gasteiger partial charge in [-0.2, -0.15) is 13.2 Å². The summed E-state index contributed by atoms with van der Waals surface area (Å²) in [5.74, 6) is -1.05. The van der Waals surface area contributed by atoms with Crippen LogP contribution in [-0.4, -0.2) is 39.5 Å². The lowest BCUT2D eigenvalue weighted by Crippen LogP contribution is -2.50. The fraction of sp³-hybridized carbons (Fsp3) is 0.480. The summed E-state index contributed by atoms with van der Waals surface area (Å²) in [5, 5.41) is 9.09. The largest absolute Gasteiger partial charge is 0.481 e. The number of aliphatic carboxylic acids is 1. The lowest BCUT2D eigenvalue weighted by atomic mass is 9.81. The molecule has 2 aliphatic heterocycles. The van der Waals surface area contributed by atoms with Gasteiger partial charge in [0.15, 0.2) is 0 Å². The summed E-state index contributed by atoms with van der Waals surface area (Å²) in [5.41, 5.74) is -0.567. The second kappa shape index (κ2) is 8.60. The van der Waals surface area contributed by atoms with E-state index in [1.165, 1.54) is 12.1 Å². The molecule has 1 saturated heterocycles. The molecule has 1 N–H and O–H groups in total. The van der Waals surface area contributed by atoms with Crippen molar-refractivity contribution in [2.24, 2.45) is 11.3 Å². The first-order valence-electron chi connectivity index (χ1n) is 11.2. The number of carbonyl (C=O) groups excluding carboxylic acids is 1. The number of benzene rings is 1. The smallest absolute Gasteiger partial charge is 0.416 e. The Morgan fingerprint density at radius 1 is 1.06 bits per heavy atom. The van der Waals surface area contributed by atoms with Crippen molar-refractivity contribution in [3.05, 3.63) is 58.0 Å². The second-order valence-corrected chi connectivity index (χ2v) is 10.2. The summed E-state index contributed by atoms with van der Waals surface area (Å²) < 4.78 is 41.1. The number of nitrogens with zero attached hydrogens (tertiary/aromatic N) is 2. The van der Waals surface area contributed by atoms with E-state index in [0.29, 0.717) is 19.6 Å². The fourth-order valence-electron chi connectivity index (χ4n) is 5.23. The van der Waals surface area contributed by atoms with Crippen molar-refractivity contribution < 1.29 is 27.9 Å². The minimum atomic E-state index is -4.49. The number of likely N-dealkylation sites (tertiary alicyclic amines) is 1. The quantitative estimate of drug-likeness (QED) is 0.695. The van der Waals surface area contributed by atoms with Crippen LogP contribution in [0.15, 0.2) is 41.2 Å². The molecule has 2 atom stereocenters. The number of piperidine rings is 1. The minimum Gasteiger partial charge on any atom is -0.481 e. The number of alkyl halides is 3. The van der Waals surface area contributed by atoms with Crippen molar-refractivity contribution in [1.82, 2.24) is 9.47 Å². The number of halogens is 3. The van der Waals surface area contributed by atoms with Gasteiger partial charge < -0.3 is 14.6 Å². The number of hydrogen-bond donors (Lipinski definition) is 1. The van der Waals surface area contributed by atoms with Crippen molar-refractivity contribution in [1.29, 1.82) is 0 Å². The third-order valence-corrected chi connectivity index (χ3v) is 6.72. The van der Waals surface area contributed by atoms with Gasteiger partial charge in [0.25, 0.3) is 5.56 Å². The van der Waals surface area contributed by atoms with Crippen LogP contribution in [0.1, 0.15) is 50.3 Å². The van der Waals surface area contributed by atoms with E-state index in [-0.39, 0.29) is 47.3 Å². The summed E-state index contributed by atoms with van der Waals surface area (Å²) in [6.07, 6.45) is -3.65. The number of fused-ring (bicyclic) bond motifs is 4. The maximum atomic E-state index is 13.3. The third kappa shape index (κ3) is 4.88.